The summed E-state index contributed by atoms with van der Waals surface area (Å²) in [5.74, 6) is 5.32. The molecule has 0 bridgehead atoms. The average molecular weight is 552 g/mol. The van der Waals surface area contributed by atoms with Crippen LogP contribution in [0.3, 0.4) is 0 Å². The topological polar surface area (TPSA) is 123 Å². The van der Waals surface area contributed by atoms with Crippen LogP contribution >= 0.6 is 23.4 Å². The summed E-state index contributed by atoms with van der Waals surface area (Å²) in [5.41, 5.74) is 15.6. The fourth-order valence-electron chi connectivity index (χ4n) is 5.15. The fraction of sp³-hybridized carbons (Fsp3) is 0.333. The second kappa shape index (κ2) is 10.8. The van der Waals surface area contributed by atoms with E-state index in [4.69, 9.17) is 23.1 Å². The number of nitrogen functional groups attached to an aromatic ring is 1. The quantitative estimate of drug-likeness (QED) is 0.331. The van der Waals surface area contributed by atoms with E-state index in [0.717, 1.165) is 49.3 Å². The minimum atomic E-state index is -0.697. The van der Waals surface area contributed by atoms with Gasteiger partial charge in [0, 0.05) is 48.1 Å². The molecule has 0 radical (unpaired) electrons. The van der Waals surface area contributed by atoms with Crippen molar-refractivity contribution in [3.05, 3.63) is 64.3 Å². The van der Waals surface area contributed by atoms with Crippen LogP contribution in [0.1, 0.15) is 42.5 Å². The van der Waals surface area contributed by atoms with Gasteiger partial charge in [-0.3, -0.25) is 4.79 Å². The predicted molar refractivity (Wildman–Crippen MR) is 146 cm³/mol. The zero-order chi connectivity index (χ0) is 26.9. The number of nitrogens with zero attached hydrogens (tertiary/aromatic N) is 4. The Morgan fingerprint density at radius 3 is 2.79 bits per heavy atom. The highest BCUT2D eigenvalue weighted by Crippen LogP contribution is 2.51. The van der Waals surface area contributed by atoms with E-state index in [0.29, 0.717) is 16.5 Å². The van der Waals surface area contributed by atoms with Gasteiger partial charge in [-0.15, -0.1) is 0 Å². The second-order valence-electron chi connectivity index (χ2n) is 9.48. The van der Waals surface area contributed by atoms with Gasteiger partial charge >= 0.3 is 0 Å². The van der Waals surface area contributed by atoms with Gasteiger partial charge in [-0.2, -0.15) is 4.39 Å². The number of carbonyl (C=O) groups is 1. The van der Waals surface area contributed by atoms with Crippen molar-refractivity contribution in [3.8, 4) is 11.8 Å². The normalized spacial score (nSPS) is 17.6. The molecule has 3 aromatic rings. The van der Waals surface area contributed by atoms with Gasteiger partial charge in [-0.05, 0) is 54.9 Å². The minimum Gasteiger partial charge on any atom is -0.382 e. The molecule has 5 N–H and O–H groups in total. The summed E-state index contributed by atoms with van der Waals surface area (Å²) in [5, 5.41) is 3.45. The molecular weight excluding hydrogens is 525 g/mol. The molecule has 1 amide bonds. The van der Waals surface area contributed by atoms with Gasteiger partial charge in [0.15, 0.2) is 0 Å². The zero-order valence-electron chi connectivity index (χ0n) is 20.8. The Hall–Kier alpha value is -3.39. The number of amides is 1. The molecule has 1 aliphatic heterocycles. The van der Waals surface area contributed by atoms with E-state index in [-0.39, 0.29) is 28.2 Å². The summed E-state index contributed by atoms with van der Waals surface area (Å²) >= 11 is 7.34. The van der Waals surface area contributed by atoms with E-state index in [1.807, 2.05) is 19.1 Å². The van der Waals surface area contributed by atoms with Gasteiger partial charge in [0.05, 0.1) is 17.4 Å². The maximum atomic E-state index is 13.6. The number of anilines is 2. The number of nitrogens with one attached hydrogen (secondary N) is 1. The van der Waals surface area contributed by atoms with Crippen LogP contribution in [0.4, 0.5) is 16.0 Å². The number of fused-ring (bicyclic) bond motifs is 1. The molecule has 0 unspecified atom stereocenters. The van der Waals surface area contributed by atoms with E-state index in [2.05, 4.69) is 43.1 Å². The maximum absolute atomic E-state index is 13.6. The predicted octanol–water partition coefficient (Wildman–Crippen LogP) is 3.73. The summed E-state index contributed by atoms with van der Waals surface area (Å²) in [6.45, 7) is 4.03. The van der Waals surface area contributed by atoms with Crippen molar-refractivity contribution < 1.29 is 9.18 Å². The van der Waals surface area contributed by atoms with Crippen molar-refractivity contribution in [2.75, 3.05) is 30.3 Å². The number of halogens is 2. The molecule has 38 heavy (non-hydrogen) atoms. The average Bonchev–Trinajstić information content (AvgIpc) is 3.17. The van der Waals surface area contributed by atoms with Crippen LogP contribution in [0.2, 0.25) is 5.02 Å². The number of aromatic nitrogens is 3. The van der Waals surface area contributed by atoms with Crippen LogP contribution in [0, 0.1) is 23.2 Å². The zero-order valence-corrected chi connectivity index (χ0v) is 22.4. The summed E-state index contributed by atoms with van der Waals surface area (Å²) < 4.78 is 13.6. The number of benzene rings is 1. The molecule has 1 saturated heterocycles. The molecule has 11 heteroatoms. The Morgan fingerprint density at radius 2 is 2.08 bits per heavy atom. The first-order valence-corrected chi connectivity index (χ1v) is 13.5. The second-order valence-corrected chi connectivity index (χ2v) is 10.9. The minimum absolute atomic E-state index is 0.0181. The molecule has 1 aliphatic carbocycles. The number of hydrogen-bond acceptors (Lipinski definition) is 8. The highest BCUT2D eigenvalue weighted by atomic mass is 35.5. The molecule has 1 aromatic carbocycles. The lowest BCUT2D eigenvalue weighted by molar-refractivity contribution is -0.115. The molecule has 1 fully saturated rings. The van der Waals surface area contributed by atoms with E-state index in [1.165, 1.54) is 23.4 Å². The van der Waals surface area contributed by atoms with Crippen molar-refractivity contribution in [2.45, 2.75) is 42.1 Å². The van der Waals surface area contributed by atoms with Crippen molar-refractivity contribution in [3.63, 3.8) is 0 Å². The van der Waals surface area contributed by atoms with E-state index in [9.17, 15) is 9.18 Å². The molecule has 196 valence electrons. The Morgan fingerprint density at radius 1 is 1.29 bits per heavy atom. The van der Waals surface area contributed by atoms with E-state index < -0.39 is 5.95 Å². The highest BCUT2D eigenvalue weighted by molar-refractivity contribution is 7.99. The van der Waals surface area contributed by atoms with Crippen molar-refractivity contribution in [2.24, 2.45) is 11.1 Å². The van der Waals surface area contributed by atoms with Crippen LogP contribution in [0.25, 0.3) is 0 Å². The van der Waals surface area contributed by atoms with Crippen LogP contribution in [-0.4, -0.2) is 40.5 Å². The third kappa shape index (κ3) is 5.27. The Balaban J connectivity index is 1.23. The SMILES string of the molecule is CCNC(=O)C#Cc1ccc2c(c1)[C@@H](N)C1(CCN(c3cnc(Sc4cc(F)nc(N)c4Cl)cn3)CC1)C2. The van der Waals surface area contributed by atoms with Crippen molar-refractivity contribution >= 4 is 40.9 Å². The van der Waals surface area contributed by atoms with Crippen molar-refractivity contribution in [1.82, 2.24) is 20.3 Å². The van der Waals surface area contributed by atoms with Gasteiger partial charge in [-0.25, -0.2) is 15.0 Å². The lowest BCUT2D eigenvalue weighted by Gasteiger charge is -2.42. The summed E-state index contributed by atoms with van der Waals surface area (Å²) in [6, 6.07) is 7.22. The molecule has 1 spiro atoms. The van der Waals surface area contributed by atoms with Gasteiger partial charge in [0.1, 0.15) is 16.7 Å². The number of hydrogen-bond donors (Lipinski definition) is 3. The first-order chi connectivity index (χ1) is 18.3. The molecule has 5 rings (SSSR count). The van der Waals surface area contributed by atoms with Crippen molar-refractivity contribution in [1.29, 1.82) is 0 Å². The molecule has 3 heterocycles. The molecular formula is C27H27ClFN7OS. The number of carbonyl (C=O) groups excluding carboxylic acids is 1. The van der Waals surface area contributed by atoms with Gasteiger partial charge in [0.2, 0.25) is 5.95 Å². The van der Waals surface area contributed by atoms with Crippen LogP contribution < -0.4 is 21.7 Å². The van der Waals surface area contributed by atoms with E-state index >= 15 is 0 Å². The Kier molecular flexibility index (Phi) is 7.43. The maximum Gasteiger partial charge on any atom is 0.296 e. The van der Waals surface area contributed by atoms with Crippen LogP contribution in [0.15, 0.2) is 46.6 Å². The number of nitrogens with two attached hydrogens (primary N) is 2. The highest BCUT2D eigenvalue weighted by Gasteiger charge is 2.46. The molecule has 2 aliphatic rings. The lowest BCUT2D eigenvalue weighted by atomic mass is 9.73. The summed E-state index contributed by atoms with van der Waals surface area (Å²) in [6.07, 6.45) is 6.14. The van der Waals surface area contributed by atoms with Crippen LogP contribution in [-0.2, 0) is 11.2 Å². The number of rotatable bonds is 4. The molecule has 0 saturated carbocycles. The lowest BCUT2D eigenvalue weighted by Crippen LogP contribution is -2.44. The Labute approximate surface area is 229 Å². The smallest absolute Gasteiger partial charge is 0.296 e. The number of piperidine rings is 1. The van der Waals surface area contributed by atoms with Gasteiger partial charge in [-0.1, -0.05) is 35.3 Å². The first kappa shape index (κ1) is 26.2. The molecule has 2 aromatic heterocycles. The fourth-order valence-corrected chi connectivity index (χ4v) is 6.15. The largest absolute Gasteiger partial charge is 0.382 e. The molecule has 1 atom stereocenters. The van der Waals surface area contributed by atoms with Crippen LogP contribution in [0.5, 0.6) is 0 Å². The van der Waals surface area contributed by atoms with Gasteiger partial charge in [0.25, 0.3) is 5.91 Å². The van der Waals surface area contributed by atoms with Gasteiger partial charge < -0.3 is 21.7 Å². The number of pyridine rings is 1. The third-order valence-electron chi connectivity index (χ3n) is 7.17. The summed E-state index contributed by atoms with van der Waals surface area (Å²) in [4.78, 5) is 26.9. The Bertz CT molecular complexity index is 1430. The first-order valence-electron chi connectivity index (χ1n) is 12.3. The summed E-state index contributed by atoms with van der Waals surface area (Å²) in [7, 11) is 0. The monoisotopic (exact) mass is 551 g/mol. The van der Waals surface area contributed by atoms with E-state index in [1.54, 1.807) is 12.4 Å². The molecule has 8 nitrogen and oxygen atoms in total. The standard InChI is InChI=1S/C27H27ClFN7OS/c1-2-32-22(37)6-4-16-3-5-17-13-27(25(30)18(17)11-16)7-9-36(10-8-27)21-14-34-23(15-33-21)38-19-12-20(29)35-26(31)24(19)28/h3,5,11-12,14-15,25H,2,7-10,13,30H2,1H3,(H2,31,35)(H,32,37)/t25-/m1/s1. The third-order valence-corrected chi connectivity index (χ3v) is 8.64.